The van der Waals surface area contributed by atoms with E-state index in [9.17, 15) is 9.59 Å². The third-order valence-electron chi connectivity index (χ3n) is 4.65. The average molecular weight is 363 g/mol. The van der Waals surface area contributed by atoms with Crippen LogP contribution >= 0.6 is 0 Å². The highest BCUT2D eigenvalue weighted by atomic mass is 16.2. The lowest BCUT2D eigenvalue weighted by Gasteiger charge is -2.11. The van der Waals surface area contributed by atoms with Gasteiger partial charge in [0.25, 0.3) is 11.8 Å². The van der Waals surface area contributed by atoms with Crippen LogP contribution in [0.2, 0.25) is 0 Å². The molecule has 0 fully saturated rings. The van der Waals surface area contributed by atoms with Crippen molar-refractivity contribution in [2.45, 2.75) is 27.3 Å². The molecule has 2 aromatic carbocycles. The number of nitrogens with one attached hydrogen (secondary N) is 2. The lowest BCUT2D eigenvalue weighted by Crippen LogP contribution is -2.20. The van der Waals surface area contributed by atoms with Crippen LogP contribution in [-0.2, 0) is 6.54 Å². The number of nitrogens with zero attached hydrogens (tertiary/aromatic N) is 1. The third-order valence-corrected chi connectivity index (χ3v) is 4.65. The van der Waals surface area contributed by atoms with E-state index in [1.807, 2.05) is 43.5 Å². The minimum absolute atomic E-state index is 0.169. The van der Waals surface area contributed by atoms with Crippen LogP contribution in [0, 0.1) is 12.8 Å². The number of fused-ring (bicyclic) bond motifs is 1. The number of anilines is 1. The van der Waals surface area contributed by atoms with Gasteiger partial charge < -0.3 is 15.2 Å². The number of amides is 2. The molecule has 27 heavy (non-hydrogen) atoms. The topological polar surface area (TPSA) is 63.1 Å². The molecule has 2 N–H and O–H groups in total. The molecular weight excluding hydrogens is 338 g/mol. The van der Waals surface area contributed by atoms with Crippen LogP contribution in [0.3, 0.4) is 0 Å². The summed E-state index contributed by atoms with van der Waals surface area (Å²) in [5.41, 5.74) is 3.62. The van der Waals surface area contributed by atoms with Crippen molar-refractivity contribution >= 4 is 28.4 Å². The first kappa shape index (κ1) is 18.7. The molecule has 3 aromatic rings. The Morgan fingerprint density at radius 2 is 1.74 bits per heavy atom. The zero-order chi connectivity index (χ0) is 19.6. The Bertz CT molecular complexity index is 1000. The van der Waals surface area contributed by atoms with E-state index in [0.717, 1.165) is 23.0 Å². The summed E-state index contributed by atoms with van der Waals surface area (Å²) >= 11 is 0. The number of carbonyl (C=O) groups is 2. The maximum absolute atomic E-state index is 13.0. The van der Waals surface area contributed by atoms with Gasteiger partial charge in [-0.25, -0.2) is 0 Å². The Morgan fingerprint density at radius 3 is 2.44 bits per heavy atom. The van der Waals surface area contributed by atoms with Gasteiger partial charge in [0.2, 0.25) is 0 Å². The van der Waals surface area contributed by atoms with E-state index in [2.05, 4.69) is 29.0 Å². The summed E-state index contributed by atoms with van der Waals surface area (Å²) in [4.78, 5) is 25.0. The molecule has 3 rings (SSSR count). The molecule has 0 unspecified atom stereocenters. The predicted molar refractivity (Wildman–Crippen MR) is 109 cm³/mol. The van der Waals surface area contributed by atoms with E-state index in [1.165, 1.54) is 0 Å². The molecule has 5 heteroatoms. The zero-order valence-corrected chi connectivity index (χ0v) is 16.2. The van der Waals surface area contributed by atoms with Crippen molar-refractivity contribution < 1.29 is 9.59 Å². The van der Waals surface area contributed by atoms with Gasteiger partial charge in [-0.05, 0) is 36.6 Å². The molecule has 1 heterocycles. The minimum atomic E-state index is -0.175. The van der Waals surface area contributed by atoms with Gasteiger partial charge in [-0.15, -0.1) is 0 Å². The molecule has 0 aliphatic heterocycles. The molecule has 0 saturated heterocycles. The molecule has 0 spiro atoms. The molecule has 0 aliphatic carbocycles. The highest BCUT2D eigenvalue weighted by Gasteiger charge is 2.17. The number of hydrogen-bond donors (Lipinski definition) is 2. The van der Waals surface area contributed by atoms with Crippen LogP contribution in [0.1, 0.15) is 40.1 Å². The first-order valence-electron chi connectivity index (χ1n) is 9.13. The maximum atomic E-state index is 13.0. The standard InChI is InChI=1S/C22H25N3O2/c1-14(2)12-25-13-18(17-8-5-6-11-20(17)25)22(27)24-19-10-7-9-16(15(19)3)21(26)23-4/h5-11,13-14H,12H2,1-4H3,(H,23,26)(H,24,27). The highest BCUT2D eigenvalue weighted by molar-refractivity contribution is 6.13. The molecule has 0 atom stereocenters. The number of carbonyl (C=O) groups excluding carboxylic acids is 2. The van der Waals surface area contributed by atoms with Gasteiger partial charge in [-0.3, -0.25) is 9.59 Å². The summed E-state index contributed by atoms with van der Waals surface area (Å²) in [6, 6.07) is 13.3. The zero-order valence-electron chi connectivity index (χ0n) is 16.2. The quantitative estimate of drug-likeness (QED) is 0.713. The van der Waals surface area contributed by atoms with Crippen molar-refractivity contribution in [3.8, 4) is 0 Å². The lowest BCUT2D eigenvalue weighted by atomic mass is 10.1. The van der Waals surface area contributed by atoms with Crippen LogP contribution in [0.15, 0.2) is 48.7 Å². The Balaban J connectivity index is 1.97. The monoisotopic (exact) mass is 363 g/mol. The fourth-order valence-electron chi connectivity index (χ4n) is 3.31. The second kappa shape index (κ2) is 7.66. The van der Waals surface area contributed by atoms with Crippen molar-refractivity contribution in [1.82, 2.24) is 9.88 Å². The second-order valence-corrected chi connectivity index (χ2v) is 7.12. The summed E-state index contributed by atoms with van der Waals surface area (Å²) in [6.45, 7) is 6.99. The Morgan fingerprint density at radius 1 is 1.00 bits per heavy atom. The molecule has 0 radical (unpaired) electrons. The van der Waals surface area contributed by atoms with Crippen molar-refractivity contribution in [2.75, 3.05) is 12.4 Å². The van der Waals surface area contributed by atoms with Gasteiger partial charge in [0.1, 0.15) is 0 Å². The fraction of sp³-hybridized carbons (Fsp3) is 0.273. The van der Waals surface area contributed by atoms with Gasteiger partial charge >= 0.3 is 0 Å². The number of benzene rings is 2. The number of rotatable bonds is 5. The van der Waals surface area contributed by atoms with Crippen molar-refractivity contribution in [3.05, 3.63) is 65.4 Å². The van der Waals surface area contributed by atoms with Gasteiger partial charge in [0, 0.05) is 41.9 Å². The first-order valence-corrected chi connectivity index (χ1v) is 9.13. The smallest absolute Gasteiger partial charge is 0.257 e. The largest absolute Gasteiger partial charge is 0.355 e. The first-order chi connectivity index (χ1) is 12.9. The van der Waals surface area contributed by atoms with Gasteiger partial charge in [0.05, 0.1) is 5.56 Å². The Hall–Kier alpha value is -3.08. The van der Waals surface area contributed by atoms with E-state index in [1.54, 1.807) is 19.2 Å². The summed E-state index contributed by atoms with van der Waals surface area (Å²) in [5.74, 6) is 0.131. The predicted octanol–water partition coefficient (Wildman–Crippen LogP) is 4.22. The SMILES string of the molecule is CNC(=O)c1cccc(NC(=O)c2cn(CC(C)C)c3ccccc23)c1C. The number of aromatic nitrogens is 1. The van der Waals surface area contributed by atoms with Crippen LogP contribution in [0.5, 0.6) is 0 Å². The van der Waals surface area contributed by atoms with Crippen molar-refractivity contribution in [2.24, 2.45) is 5.92 Å². The molecule has 0 bridgehead atoms. The molecular formula is C22H25N3O2. The van der Waals surface area contributed by atoms with Gasteiger partial charge in [-0.2, -0.15) is 0 Å². The molecule has 140 valence electrons. The molecule has 1 aromatic heterocycles. The van der Waals surface area contributed by atoms with Crippen LogP contribution in [0.4, 0.5) is 5.69 Å². The van der Waals surface area contributed by atoms with Gasteiger partial charge in [-0.1, -0.05) is 38.1 Å². The molecule has 0 saturated carbocycles. The van der Waals surface area contributed by atoms with E-state index in [0.29, 0.717) is 22.7 Å². The normalized spacial score (nSPS) is 11.0. The van der Waals surface area contributed by atoms with Crippen molar-refractivity contribution in [1.29, 1.82) is 0 Å². The number of hydrogen-bond acceptors (Lipinski definition) is 2. The summed E-state index contributed by atoms with van der Waals surface area (Å²) < 4.78 is 2.13. The van der Waals surface area contributed by atoms with Crippen molar-refractivity contribution in [3.63, 3.8) is 0 Å². The van der Waals surface area contributed by atoms with Crippen LogP contribution in [-0.4, -0.2) is 23.4 Å². The van der Waals surface area contributed by atoms with E-state index >= 15 is 0 Å². The van der Waals surface area contributed by atoms with Gasteiger partial charge in [0.15, 0.2) is 0 Å². The molecule has 2 amide bonds. The second-order valence-electron chi connectivity index (χ2n) is 7.12. The molecule has 5 nitrogen and oxygen atoms in total. The number of para-hydroxylation sites is 1. The third kappa shape index (κ3) is 3.72. The summed E-state index contributed by atoms with van der Waals surface area (Å²) in [7, 11) is 1.59. The Kier molecular flexibility index (Phi) is 5.31. The van der Waals surface area contributed by atoms with E-state index in [4.69, 9.17) is 0 Å². The summed E-state index contributed by atoms with van der Waals surface area (Å²) in [6.07, 6.45) is 1.91. The minimum Gasteiger partial charge on any atom is -0.355 e. The molecule has 0 aliphatic rings. The van der Waals surface area contributed by atoms with E-state index in [-0.39, 0.29) is 11.8 Å². The van der Waals surface area contributed by atoms with Crippen LogP contribution in [0.25, 0.3) is 10.9 Å². The van der Waals surface area contributed by atoms with Crippen LogP contribution < -0.4 is 10.6 Å². The Labute approximate surface area is 159 Å². The lowest BCUT2D eigenvalue weighted by molar-refractivity contribution is 0.0960. The highest BCUT2D eigenvalue weighted by Crippen LogP contribution is 2.25. The average Bonchev–Trinajstić information content (AvgIpc) is 3.01. The summed E-state index contributed by atoms with van der Waals surface area (Å²) in [5, 5.41) is 6.52. The van der Waals surface area contributed by atoms with E-state index < -0.39 is 0 Å². The maximum Gasteiger partial charge on any atom is 0.257 e. The fourth-order valence-corrected chi connectivity index (χ4v) is 3.31.